The quantitative estimate of drug-likeness (QED) is 0.885. The highest BCUT2D eigenvalue weighted by Crippen LogP contribution is 2.58. The molecule has 1 aromatic rings. The second kappa shape index (κ2) is 4.82. The predicted molar refractivity (Wildman–Crippen MR) is 75.8 cm³/mol. The van der Waals surface area contributed by atoms with Crippen LogP contribution in [0.4, 0.5) is 4.79 Å². The van der Waals surface area contributed by atoms with Crippen LogP contribution in [-0.2, 0) is 6.54 Å². The van der Waals surface area contributed by atoms with Crippen LogP contribution in [-0.4, -0.2) is 12.1 Å². The highest BCUT2D eigenvalue weighted by molar-refractivity contribution is 5.74. The van der Waals surface area contributed by atoms with Crippen molar-refractivity contribution >= 4 is 6.03 Å². The number of rotatable bonds is 3. The summed E-state index contributed by atoms with van der Waals surface area (Å²) in [6.07, 6.45) is 3.61. The Balaban J connectivity index is 1.49. The number of nitriles is 1. The minimum absolute atomic E-state index is 0.103. The van der Waals surface area contributed by atoms with Crippen molar-refractivity contribution in [2.75, 3.05) is 0 Å². The van der Waals surface area contributed by atoms with Gasteiger partial charge in [0.05, 0.1) is 11.6 Å². The van der Waals surface area contributed by atoms with Crippen molar-refractivity contribution in [2.45, 2.75) is 38.8 Å². The van der Waals surface area contributed by atoms with Crippen molar-refractivity contribution in [3.63, 3.8) is 0 Å². The summed E-state index contributed by atoms with van der Waals surface area (Å²) in [4.78, 5) is 11.9. The normalized spacial score (nSPS) is 30.2. The molecule has 4 rings (SSSR count). The van der Waals surface area contributed by atoms with Crippen LogP contribution in [0.1, 0.15) is 37.3 Å². The van der Waals surface area contributed by atoms with Gasteiger partial charge in [-0.15, -0.1) is 0 Å². The second-order valence-corrected chi connectivity index (χ2v) is 6.43. The number of urea groups is 1. The number of nitrogens with one attached hydrogen (secondary N) is 2. The van der Waals surface area contributed by atoms with Gasteiger partial charge < -0.3 is 10.6 Å². The van der Waals surface area contributed by atoms with Crippen LogP contribution >= 0.6 is 0 Å². The topological polar surface area (TPSA) is 64.9 Å². The van der Waals surface area contributed by atoms with E-state index in [4.69, 9.17) is 5.26 Å². The lowest BCUT2D eigenvalue weighted by atomic mass is 9.71. The maximum atomic E-state index is 11.9. The van der Waals surface area contributed by atoms with Crippen LogP contribution < -0.4 is 10.6 Å². The van der Waals surface area contributed by atoms with E-state index in [1.807, 2.05) is 12.1 Å². The molecule has 2 bridgehead atoms. The van der Waals surface area contributed by atoms with Gasteiger partial charge >= 0.3 is 6.03 Å². The van der Waals surface area contributed by atoms with Gasteiger partial charge in [-0.2, -0.15) is 5.26 Å². The van der Waals surface area contributed by atoms with Gasteiger partial charge in [0.1, 0.15) is 0 Å². The third-order valence-corrected chi connectivity index (χ3v) is 4.62. The van der Waals surface area contributed by atoms with Gasteiger partial charge in [0.15, 0.2) is 0 Å². The van der Waals surface area contributed by atoms with Crippen molar-refractivity contribution in [3.8, 4) is 6.07 Å². The molecule has 104 valence electrons. The van der Waals surface area contributed by atoms with Crippen LogP contribution in [0.3, 0.4) is 0 Å². The molecule has 4 heteroatoms. The molecule has 0 aromatic heterocycles. The van der Waals surface area contributed by atoms with Crippen molar-refractivity contribution in [1.29, 1.82) is 5.26 Å². The molecule has 0 radical (unpaired) electrons. The fourth-order valence-electron chi connectivity index (χ4n) is 3.68. The minimum Gasteiger partial charge on any atom is -0.335 e. The number of carbonyl (C=O) groups is 1. The summed E-state index contributed by atoms with van der Waals surface area (Å²) in [5.41, 5.74) is 2.04. The van der Waals surface area contributed by atoms with Crippen LogP contribution in [0, 0.1) is 22.7 Å². The van der Waals surface area contributed by atoms with Crippen molar-refractivity contribution in [1.82, 2.24) is 10.6 Å². The summed E-state index contributed by atoms with van der Waals surface area (Å²) in [6.45, 7) is 2.76. The zero-order chi connectivity index (χ0) is 14.2. The molecule has 2 N–H and O–H groups in total. The van der Waals surface area contributed by atoms with Crippen molar-refractivity contribution in [3.05, 3.63) is 35.4 Å². The average molecular weight is 269 g/mol. The Morgan fingerprint density at radius 1 is 1.45 bits per heavy atom. The summed E-state index contributed by atoms with van der Waals surface area (Å²) in [7, 11) is 0. The first-order chi connectivity index (χ1) is 9.58. The first-order valence-electron chi connectivity index (χ1n) is 7.11. The smallest absolute Gasteiger partial charge is 0.315 e. The summed E-state index contributed by atoms with van der Waals surface area (Å²) in [6, 6.07) is 9.64. The van der Waals surface area contributed by atoms with E-state index >= 15 is 0 Å². The fourth-order valence-corrected chi connectivity index (χ4v) is 3.68. The molecule has 4 nitrogen and oxygen atoms in total. The standard InChI is InChI=1S/C16H19N3O/c1-16-6-13(7-16)14(8-16)19-15(20)18-10-12-4-2-3-11(5-12)9-17/h2-5,13-14H,6-8,10H2,1H3,(H2,18,19,20)/t13?,14-,16?/m1/s1. The number of hydrogen-bond donors (Lipinski definition) is 2. The summed E-state index contributed by atoms with van der Waals surface area (Å²) in [5.74, 6) is 0.674. The summed E-state index contributed by atoms with van der Waals surface area (Å²) < 4.78 is 0. The van der Waals surface area contributed by atoms with Crippen LogP contribution in [0.5, 0.6) is 0 Å². The van der Waals surface area contributed by atoms with Gasteiger partial charge in [0.2, 0.25) is 0 Å². The second-order valence-electron chi connectivity index (χ2n) is 6.43. The lowest BCUT2D eigenvalue weighted by Gasteiger charge is -2.34. The first kappa shape index (κ1) is 13.0. The summed E-state index contributed by atoms with van der Waals surface area (Å²) >= 11 is 0. The first-order valence-corrected chi connectivity index (χ1v) is 7.11. The number of benzene rings is 1. The molecule has 1 aromatic carbocycles. The molecule has 0 unspecified atom stereocenters. The lowest BCUT2D eigenvalue weighted by molar-refractivity contribution is 0.166. The molecular formula is C16H19N3O. The molecular weight excluding hydrogens is 250 g/mol. The Morgan fingerprint density at radius 2 is 2.25 bits per heavy atom. The van der Waals surface area contributed by atoms with Gasteiger partial charge in [0, 0.05) is 12.6 Å². The summed E-state index contributed by atoms with van der Waals surface area (Å²) in [5, 5.41) is 14.8. The Hall–Kier alpha value is -2.02. The monoisotopic (exact) mass is 269 g/mol. The third kappa shape index (κ3) is 2.49. The van der Waals surface area contributed by atoms with Crippen molar-refractivity contribution < 1.29 is 4.79 Å². The van der Waals surface area contributed by atoms with Gasteiger partial charge in [-0.1, -0.05) is 19.1 Å². The molecule has 0 aliphatic heterocycles. The minimum atomic E-state index is -0.103. The van der Waals surface area contributed by atoms with E-state index in [9.17, 15) is 4.79 Å². The van der Waals surface area contributed by atoms with E-state index in [0.717, 1.165) is 12.0 Å². The van der Waals surface area contributed by atoms with Crippen molar-refractivity contribution in [2.24, 2.45) is 11.3 Å². The SMILES string of the molecule is CC12CC(C1)[C@H](NC(=O)NCc1cccc(C#N)c1)C2. The van der Waals surface area contributed by atoms with Crippen LogP contribution in [0.2, 0.25) is 0 Å². The largest absolute Gasteiger partial charge is 0.335 e. The number of nitrogens with zero attached hydrogens (tertiary/aromatic N) is 1. The van der Waals surface area contributed by atoms with Gasteiger partial charge in [-0.3, -0.25) is 0 Å². The van der Waals surface area contributed by atoms with Gasteiger partial charge in [-0.25, -0.2) is 4.79 Å². The van der Waals surface area contributed by atoms with E-state index in [1.54, 1.807) is 12.1 Å². The molecule has 0 spiro atoms. The van der Waals surface area contributed by atoms with E-state index in [1.165, 1.54) is 12.8 Å². The predicted octanol–water partition coefficient (Wildman–Crippen LogP) is 2.55. The molecule has 20 heavy (non-hydrogen) atoms. The van der Waals surface area contributed by atoms with E-state index in [0.29, 0.717) is 29.5 Å². The fraction of sp³-hybridized carbons (Fsp3) is 0.500. The van der Waals surface area contributed by atoms with Crippen LogP contribution in [0.15, 0.2) is 24.3 Å². The highest BCUT2D eigenvalue weighted by atomic mass is 16.2. The lowest BCUT2D eigenvalue weighted by Crippen LogP contribution is -2.42. The van der Waals surface area contributed by atoms with Gasteiger partial charge in [-0.05, 0) is 48.3 Å². The number of hydrogen-bond acceptors (Lipinski definition) is 2. The number of carbonyl (C=O) groups excluding carboxylic acids is 1. The zero-order valence-electron chi connectivity index (χ0n) is 11.6. The van der Waals surface area contributed by atoms with E-state index in [-0.39, 0.29) is 6.03 Å². The Bertz CT molecular complexity index is 569. The number of amides is 2. The molecule has 1 atom stereocenters. The molecule has 3 fully saturated rings. The van der Waals surface area contributed by atoms with E-state index < -0.39 is 0 Å². The van der Waals surface area contributed by atoms with Gasteiger partial charge in [0.25, 0.3) is 0 Å². The number of fused-ring (bicyclic) bond motifs is 1. The maximum Gasteiger partial charge on any atom is 0.315 e. The zero-order valence-corrected chi connectivity index (χ0v) is 11.6. The Kier molecular flexibility index (Phi) is 3.13. The molecule has 3 saturated carbocycles. The molecule has 3 aliphatic rings. The highest BCUT2D eigenvalue weighted by Gasteiger charge is 2.53. The molecule has 3 aliphatic carbocycles. The Labute approximate surface area is 119 Å². The average Bonchev–Trinajstić information content (AvgIpc) is 2.88. The molecule has 0 heterocycles. The molecule has 0 saturated heterocycles. The third-order valence-electron chi connectivity index (χ3n) is 4.62. The maximum absolute atomic E-state index is 11.9. The van der Waals surface area contributed by atoms with Crippen LogP contribution in [0.25, 0.3) is 0 Å². The van der Waals surface area contributed by atoms with E-state index in [2.05, 4.69) is 23.6 Å². The molecule has 2 amide bonds. The Morgan fingerprint density at radius 3 is 2.90 bits per heavy atom.